The van der Waals surface area contributed by atoms with E-state index in [-0.39, 0.29) is 5.70 Å². The number of hydrogen-bond donors (Lipinski definition) is 0. The van der Waals surface area contributed by atoms with E-state index in [4.69, 9.17) is 4.74 Å². The lowest BCUT2D eigenvalue weighted by atomic mass is 10.2. The minimum absolute atomic E-state index is 0.0143. The third-order valence-corrected chi connectivity index (χ3v) is 1.83. The van der Waals surface area contributed by atoms with Gasteiger partial charge in [-0.15, -0.1) is 0 Å². The first-order valence-electron chi connectivity index (χ1n) is 4.61. The van der Waals surface area contributed by atoms with Gasteiger partial charge >= 0.3 is 5.97 Å². The minimum atomic E-state index is -0.495. The second-order valence-corrected chi connectivity index (χ2v) is 3.17. The molecule has 0 bridgehead atoms. The smallest absolute Gasteiger partial charge is 0.308 e. The van der Waals surface area contributed by atoms with Gasteiger partial charge in [0.05, 0.1) is 4.92 Å². The van der Waals surface area contributed by atoms with E-state index < -0.39 is 10.9 Å². The molecule has 0 fully saturated rings. The molecule has 1 rings (SSSR count). The van der Waals surface area contributed by atoms with Crippen LogP contribution in [0, 0.1) is 10.1 Å². The molecule has 0 aliphatic rings. The molecule has 0 saturated carbocycles. The molecule has 0 unspecified atom stereocenters. The molecule has 0 saturated heterocycles. The summed E-state index contributed by atoms with van der Waals surface area (Å²) in [6.45, 7) is 2.66. The maximum Gasteiger partial charge on any atom is 0.308 e. The summed E-state index contributed by atoms with van der Waals surface area (Å²) < 4.78 is 4.92. The number of carbonyl (C=O) groups is 1. The number of carbonyl (C=O) groups excluding carboxylic acids is 1. The van der Waals surface area contributed by atoms with Crippen LogP contribution in [0.2, 0.25) is 0 Å². The number of para-hydroxylation sites is 1. The standard InChI is InChI=1S/C11H11NO4/c1-8(12(14)15)7-10-5-3-4-6-11(10)16-9(2)13/h3-7H,1-2H3/b8-7+. The lowest BCUT2D eigenvalue weighted by Crippen LogP contribution is -2.03. The van der Waals surface area contributed by atoms with Crippen molar-refractivity contribution in [1.82, 2.24) is 0 Å². The van der Waals surface area contributed by atoms with E-state index in [0.717, 1.165) is 0 Å². The van der Waals surface area contributed by atoms with Gasteiger partial charge < -0.3 is 4.74 Å². The average Bonchev–Trinajstić information content (AvgIpc) is 2.20. The first-order chi connectivity index (χ1) is 7.50. The van der Waals surface area contributed by atoms with E-state index in [2.05, 4.69) is 0 Å². The molecule has 0 aliphatic carbocycles. The molecule has 84 valence electrons. The Morgan fingerprint density at radius 1 is 1.38 bits per heavy atom. The van der Waals surface area contributed by atoms with E-state index in [1.54, 1.807) is 24.3 Å². The fourth-order valence-corrected chi connectivity index (χ4v) is 1.13. The lowest BCUT2D eigenvalue weighted by molar-refractivity contribution is -0.422. The second-order valence-electron chi connectivity index (χ2n) is 3.17. The third-order valence-electron chi connectivity index (χ3n) is 1.83. The van der Waals surface area contributed by atoms with Crippen LogP contribution in [-0.2, 0) is 4.79 Å². The van der Waals surface area contributed by atoms with Gasteiger partial charge in [-0.1, -0.05) is 18.2 Å². The Morgan fingerprint density at radius 3 is 2.56 bits per heavy atom. The van der Waals surface area contributed by atoms with Gasteiger partial charge in [-0.3, -0.25) is 14.9 Å². The number of allylic oxidation sites excluding steroid dienone is 1. The maximum atomic E-state index is 10.8. The zero-order valence-corrected chi connectivity index (χ0v) is 8.97. The van der Waals surface area contributed by atoms with Crippen molar-refractivity contribution in [2.45, 2.75) is 13.8 Å². The molecule has 0 amide bonds. The van der Waals surface area contributed by atoms with Gasteiger partial charge in [0.2, 0.25) is 5.70 Å². The van der Waals surface area contributed by atoms with Gasteiger partial charge in [0.15, 0.2) is 0 Å². The Kier molecular flexibility index (Phi) is 3.77. The SMILES string of the molecule is CC(=O)Oc1ccccc1/C=C(\C)[N+](=O)[O-]. The molecule has 16 heavy (non-hydrogen) atoms. The number of nitrogens with zero attached hydrogens (tertiary/aromatic N) is 1. The molecule has 0 radical (unpaired) electrons. The molecule has 5 heteroatoms. The van der Waals surface area contributed by atoms with Gasteiger partial charge in [-0.2, -0.15) is 0 Å². The molecular formula is C11H11NO4. The molecule has 0 aliphatic heterocycles. The number of esters is 1. The molecule has 0 heterocycles. The lowest BCUT2D eigenvalue weighted by Gasteiger charge is -2.04. The summed E-state index contributed by atoms with van der Waals surface area (Å²) in [5, 5.41) is 10.5. The summed E-state index contributed by atoms with van der Waals surface area (Å²) in [7, 11) is 0. The predicted octanol–water partition coefficient (Wildman–Crippen LogP) is 2.25. The summed E-state index contributed by atoms with van der Waals surface area (Å²) >= 11 is 0. The van der Waals surface area contributed by atoms with Crippen molar-refractivity contribution in [3.05, 3.63) is 45.6 Å². The molecule has 1 aromatic rings. The van der Waals surface area contributed by atoms with Gasteiger partial charge in [0.25, 0.3) is 0 Å². The van der Waals surface area contributed by atoms with Crippen LogP contribution in [0.3, 0.4) is 0 Å². The molecule has 0 atom stereocenters. The second kappa shape index (κ2) is 5.06. The highest BCUT2D eigenvalue weighted by molar-refractivity contribution is 5.71. The zero-order chi connectivity index (χ0) is 12.1. The molecule has 0 spiro atoms. The van der Waals surface area contributed by atoms with Crippen molar-refractivity contribution in [3.8, 4) is 5.75 Å². The van der Waals surface area contributed by atoms with Crippen LogP contribution in [0.15, 0.2) is 30.0 Å². The van der Waals surface area contributed by atoms with Crippen LogP contribution in [0.5, 0.6) is 5.75 Å². The fraction of sp³-hybridized carbons (Fsp3) is 0.182. The van der Waals surface area contributed by atoms with Gasteiger partial charge in [0.1, 0.15) is 5.75 Å². The summed E-state index contributed by atoms with van der Waals surface area (Å²) in [6, 6.07) is 6.63. The third kappa shape index (κ3) is 3.20. The van der Waals surface area contributed by atoms with Crippen LogP contribution in [0.4, 0.5) is 0 Å². The van der Waals surface area contributed by atoms with Crippen molar-refractivity contribution in [2.24, 2.45) is 0 Å². The van der Waals surface area contributed by atoms with Crippen molar-refractivity contribution in [3.63, 3.8) is 0 Å². The number of rotatable bonds is 3. The van der Waals surface area contributed by atoms with Crippen molar-refractivity contribution in [2.75, 3.05) is 0 Å². The Morgan fingerprint density at radius 2 is 2.00 bits per heavy atom. The van der Waals surface area contributed by atoms with Gasteiger partial charge in [-0.05, 0) is 6.07 Å². The number of hydrogen-bond acceptors (Lipinski definition) is 4. The molecule has 1 aromatic carbocycles. The number of benzene rings is 1. The van der Waals surface area contributed by atoms with Gasteiger partial charge in [-0.25, -0.2) is 0 Å². The Hall–Kier alpha value is -2.17. The number of nitro groups is 1. The normalized spacial score (nSPS) is 11.0. The van der Waals surface area contributed by atoms with E-state index in [9.17, 15) is 14.9 Å². The Bertz CT molecular complexity index is 451. The van der Waals surface area contributed by atoms with Gasteiger partial charge in [0, 0.05) is 25.5 Å². The van der Waals surface area contributed by atoms with Crippen molar-refractivity contribution >= 4 is 12.0 Å². The topological polar surface area (TPSA) is 69.4 Å². The van der Waals surface area contributed by atoms with Crippen LogP contribution in [0.1, 0.15) is 19.4 Å². The average molecular weight is 221 g/mol. The maximum absolute atomic E-state index is 10.8. The summed E-state index contributed by atoms with van der Waals surface area (Å²) in [5.41, 5.74) is 0.492. The van der Waals surface area contributed by atoms with E-state index in [0.29, 0.717) is 11.3 Å². The molecule has 5 nitrogen and oxygen atoms in total. The number of ether oxygens (including phenoxy) is 1. The highest BCUT2D eigenvalue weighted by Gasteiger charge is 2.07. The summed E-state index contributed by atoms with van der Waals surface area (Å²) in [6.07, 6.45) is 1.36. The first kappa shape index (κ1) is 11.9. The van der Waals surface area contributed by atoms with Crippen LogP contribution in [0.25, 0.3) is 6.08 Å². The molecule has 0 N–H and O–H groups in total. The monoisotopic (exact) mass is 221 g/mol. The molecule has 0 aromatic heterocycles. The van der Waals surface area contributed by atoms with E-state index in [1.165, 1.54) is 19.9 Å². The summed E-state index contributed by atoms with van der Waals surface area (Å²) in [5.74, 6) is -0.143. The quantitative estimate of drug-likeness (QED) is 0.339. The minimum Gasteiger partial charge on any atom is -0.426 e. The van der Waals surface area contributed by atoms with Crippen molar-refractivity contribution < 1.29 is 14.5 Å². The fourth-order valence-electron chi connectivity index (χ4n) is 1.13. The zero-order valence-electron chi connectivity index (χ0n) is 8.97. The van der Waals surface area contributed by atoms with Crippen LogP contribution in [-0.4, -0.2) is 10.9 Å². The Balaban J connectivity index is 3.08. The van der Waals surface area contributed by atoms with Crippen molar-refractivity contribution in [1.29, 1.82) is 0 Å². The largest absolute Gasteiger partial charge is 0.426 e. The first-order valence-corrected chi connectivity index (χ1v) is 4.61. The summed E-state index contributed by atoms with van der Waals surface area (Å²) in [4.78, 5) is 20.8. The van der Waals surface area contributed by atoms with E-state index in [1.807, 2.05) is 0 Å². The highest BCUT2D eigenvalue weighted by atomic mass is 16.6. The Labute approximate surface area is 92.5 Å². The van der Waals surface area contributed by atoms with Crippen LogP contribution >= 0.6 is 0 Å². The highest BCUT2D eigenvalue weighted by Crippen LogP contribution is 2.21. The van der Waals surface area contributed by atoms with E-state index >= 15 is 0 Å². The van der Waals surface area contributed by atoms with Crippen LogP contribution < -0.4 is 4.74 Å². The predicted molar refractivity (Wildman–Crippen MR) is 58.4 cm³/mol. The molecular weight excluding hydrogens is 210 g/mol.